The zero-order chi connectivity index (χ0) is 12.3. The monoisotopic (exact) mass is 220 g/mol. The number of carbonyl (C=O) groups excluding carboxylic acids is 2. The van der Waals surface area contributed by atoms with Gasteiger partial charge >= 0.3 is 5.97 Å². The Morgan fingerprint density at radius 1 is 1.19 bits per heavy atom. The highest BCUT2D eigenvalue weighted by Gasteiger charge is 2.23. The Morgan fingerprint density at radius 3 is 2.31 bits per heavy atom. The summed E-state index contributed by atoms with van der Waals surface area (Å²) in [5, 5.41) is 0. The molecule has 3 nitrogen and oxygen atoms in total. The summed E-state index contributed by atoms with van der Waals surface area (Å²) < 4.78 is 5.01. The van der Waals surface area contributed by atoms with Crippen molar-refractivity contribution in [2.45, 2.75) is 33.3 Å². The Morgan fingerprint density at radius 2 is 1.81 bits per heavy atom. The maximum Gasteiger partial charge on any atom is 0.380 e. The van der Waals surface area contributed by atoms with Gasteiger partial charge in [-0.3, -0.25) is 4.79 Å². The third kappa shape index (κ3) is 3.50. The molecule has 0 fully saturated rings. The van der Waals surface area contributed by atoms with Gasteiger partial charge in [-0.05, 0) is 33.8 Å². The molecule has 0 bridgehead atoms. The lowest BCUT2D eigenvalue weighted by Crippen LogP contribution is -2.29. The summed E-state index contributed by atoms with van der Waals surface area (Å²) in [5.74, 6) is -1.41. The lowest BCUT2D eigenvalue weighted by Gasteiger charge is -2.18. The lowest BCUT2D eigenvalue weighted by molar-refractivity contribution is -0.148. The summed E-state index contributed by atoms with van der Waals surface area (Å²) in [6, 6.07) is 6.89. The SMILES string of the molecule is Cc1cccc(C(=O)C(=O)OC(C)(C)C)c1. The summed E-state index contributed by atoms with van der Waals surface area (Å²) in [6.07, 6.45) is 0. The van der Waals surface area contributed by atoms with Gasteiger partial charge in [0.1, 0.15) is 5.60 Å². The molecule has 0 N–H and O–H groups in total. The van der Waals surface area contributed by atoms with E-state index >= 15 is 0 Å². The predicted molar refractivity (Wildman–Crippen MR) is 61.4 cm³/mol. The Kier molecular flexibility index (Phi) is 3.48. The van der Waals surface area contributed by atoms with Crippen LogP contribution in [0.2, 0.25) is 0 Å². The summed E-state index contributed by atoms with van der Waals surface area (Å²) in [6.45, 7) is 7.06. The fraction of sp³-hybridized carbons (Fsp3) is 0.385. The predicted octanol–water partition coefficient (Wildman–Crippen LogP) is 2.52. The fourth-order valence-corrected chi connectivity index (χ4v) is 1.23. The number of aryl methyl sites for hydroxylation is 1. The average Bonchev–Trinajstić information content (AvgIpc) is 2.14. The van der Waals surface area contributed by atoms with Gasteiger partial charge < -0.3 is 4.74 Å². The van der Waals surface area contributed by atoms with Gasteiger partial charge in [-0.1, -0.05) is 23.8 Å². The van der Waals surface area contributed by atoms with Crippen LogP contribution in [0.5, 0.6) is 0 Å². The van der Waals surface area contributed by atoms with E-state index in [9.17, 15) is 9.59 Å². The van der Waals surface area contributed by atoms with Gasteiger partial charge in [0.15, 0.2) is 0 Å². The lowest BCUT2D eigenvalue weighted by atomic mass is 10.1. The van der Waals surface area contributed by atoms with Crippen LogP contribution in [0.25, 0.3) is 0 Å². The molecule has 86 valence electrons. The summed E-state index contributed by atoms with van der Waals surface area (Å²) in [7, 11) is 0. The van der Waals surface area contributed by atoms with Gasteiger partial charge in [-0.15, -0.1) is 0 Å². The minimum Gasteiger partial charge on any atom is -0.454 e. The van der Waals surface area contributed by atoms with E-state index in [1.165, 1.54) is 0 Å². The van der Waals surface area contributed by atoms with E-state index < -0.39 is 17.4 Å². The number of benzene rings is 1. The highest BCUT2D eigenvalue weighted by molar-refractivity contribution is 6.40. The standard InChI is InChI=1S/C13H16O3/c1-9-6-5-7-10(8-9)11(14)12(15)16-13(2,3)4/h5-8H,1-4H3. The van der Waals surface area contributed by atoms with Crippen LogP contribution in [0.4, 0.5) is 0 Å². The second-order valence-corrected chi connectivity index (χ2v) is 4.70. The summed E-state index contributed by atoms with van der Waals surface area (Å²) in [5.41, 5.74) is 0.667. The van der Waals surface area contributed by atoms with E-state index in [0.29, 0.717) is 5.56 Å². The molecule has 16 heavy (non-hydrogen) atoms. The molecule has 0 atom stereocenters. The molecule has 0 aliphatic heterocycles. The van der Waals surface area contributed by atoms with Crippen molar-refractivity contribution in [1.82, 2.24) is 0 Å². The zero-order valence-corrected chi connectivity index (χ0v) is 10.0. The van der Waals surface area contributed by atoms with E-state index in [0.717, 1.165) is 5.56 Å². The van der Waals surface area contributed by atoms with Gasteiger partial charge in [-0.2, -0.15) is 0 Å². The number of carbonyl (C=O) groups is 2. The van der Waals surface area contributed by atoms with Crippen LogP contribution in [0.3, 0.4) is 0 Å². The first-order valence-corrected chi connectivity index (χ1v) is 5.14. The normalized spacial score (nSPS) is 11.0. The molecular formula is C13H16O3. The van der Waals surface area contributed by atoms with Crippen LogP contribution < -0.4 is 0 Å². The minimum absolute atomic E-state index is 0.370. The van der Waals surface area contributed by atoms with E-state index in [1.807, 2.05) is 13.0 Å². The van der Waals surface area contributed by atoms with Crippen LogP contribution in [-0.4, -0.2) is 17.4 Å². The van der Waals surface area contributed by atoms with Crippen LogP contribution in [0.15, 0.2) is 24.3 Å². The van der Waals surface area contributed by atoms with Crippen molar-refractivity contribution in [3.05, 3.63) is 35.4 Å². The second-order valence-electron chi connectivity index (χ2n) is 4.70. The van der Waals surface area contributed by atoms with Crippen molar-refractivity contribution in [3.8, 4) is 0 Å². The summed E-state index contributed by atoms with van der Waals surface area (Å²) >= 11 is 0. The molecule has 0 amide bonds. The fourth-order valence-electron chi connectivity index (χ4n) is 1.23. The molecule has 1 rings (SSSR count). The zero-order valence-electron chi connectivity index (χ0n) is 10.0. The van der Waals surface area contributed by atoms with Crippen molar-refractivity contribution in [2.24, 2.45) is 0 Å². The topological polar surface area (TPSA) is 43.4 Å². The number of ketones is 1. The molecule has 0 aliphatic carbocycles. The number of esters is 1. The van der Waals surface area contributed by atoms with Crippen LogP contribution in [0, 0.1) is 6.92 Å². The molecule has 0 saturated carbocycles. The van der Waals surface area contributed by atoms with Gasteiger partial charge in [0, 0.05) is 5.56 Å². The van der Waals surface area contributed by atoms with E-state index in [2.05, 4.69) is 0 Å². The Bertz CT molecular complexity index is 413. The molecule has 0 radical (unpaired) electrons. The molecular weight excluding hydrogens is 204 g/mol. The van der Waals surface area contributed by atoms with E-state index in [4.69, 9.17) is 4.74 Å². The number of ether oxygens (including phenoxy) is 1. The van der Waals surface area contributed by atoms with E-state index in [1.54, 1.807) is 39.0 Å². The maximum atomic E-state index is 11.7. The molecule has 0 aliphatic rings. The van der Waals surface area contributed by atoms with Crippen LogP contribution >= 0.6 is 0 Å². The molecule has 1 aromatic rings. The average molecular weight is 220 g/mol. The smallest absolute Gasteiger partial charge is 0.380 e. The molecule has 1 aromatic carbocycles. The van der Waals surface area contributed by atoms with Crippen molar-refractivity contribution in [1.29, 1.82) is 0 Å². The number of hydrogen-bond donors (Lipinski definition) is 0. The molecule has 3 heteroatoms. The number of rotatable bonds is 2. The van der Waals surface area contributed by atoms with Gasteiger partial charge in [0.25, 0.3) is 5.78 Å². The molecule has 0 spiro atoms. The Balaban J connectivity index is 2.83. The minimum atomic E-state index is -0.807. The van der Waals surface area contributed by atoms with Crippen molar-refractivity contribution in [2.75, 3.05) is 0 Å². The first-order valence-electron chi connectivity index (χ1n) is 5.14. The first-order chi connectivity index (χ1) is 7.29. The largest absolute Gasteiger partial charge is 0.454 e. The molecule has 0 unspecified atom stereocenters. The van der Waals surface area contributed by atoms with Crippen molar-refractivity contribution in [3.63, 3.8) is 0 Å². The van der Waals surface area contributed by atoms with Crippen LogP contribution in [0.1, 0.15) is 36.7 Å². The third-order valence-corrected chi connectivity index (χ3v) is 1.86. The highest BCUT2D eigenvalue weighted by Crippen LogP contribution is 2.11. The van der Waals surface area contributed by atoms with E-state index in [-0.39, 0.29) is 0 Å². The molecule has 0 heterocycles. The quantitative estimate of drug-likeness (QED) is 0.437. The highest BCUT2D eigenvalue weighted by atomic mass is 16.6. The second kappa shape index (κ2) is 4.47. The summed E-state index contributed by atoms with van der Waals surface area (Å²) in [4.78, 5) is 23.2. The Labute approximate surface area is 95.4 Å². The number of Topliss-reactive ketones (excluding diaryl/α,β-unsaturated/α-hetero) is 1. The van der Waals surface area contributed by atoms with Gasteiger partial charge in [0.2, 0.25) is 0 Å². The number of hydrogen-bond acceptors (Lipinski definition) is 3. The maximum absolute atomic E-state index is 11.7. The molecule has 0 aromatic heterocycles. The van der Waals surface area contributed by atoms with Gasteiger partial charge in [0.05, 0.1) is 0 Å². The Hall–Kier alpha value is -1.64. The van der Waals surface area contributed by atoms with Crippen molar-refractivity contribution >= 4 is 11.8 Å². The molecule has 0 saturated heterocycles. The third-order valence-electron chi connectivity index (χ3n) is 1.86. The van der Waals surface area contributed by atoms with Gasteiger partial charge in [-0.25, -0.2) is 4.79 Å². The van der Waals surface area contributed by atoms with Crippen LogP contribution in [-0.2, 0) is 9.53 Å². The van der Waals surface area contributed by atoms with Crippen molar-refractivity contribution < 1.29 is 14.3 Å². The first kappa shape index (κ1) is 12.4.